The number of carbonyl (C=O) groups is 1. The first-order chi connectivity index (χ1) is 13.7. The van der Waals surface area contributed by atoms with Gasteiger partial charge in [-0.2, -0.15) is 0 Å². The van der Waals surface area contributed by atoms with Crippen LogP contribution in [0.5, 0.6) is 0 Å². The van der Waals surface area contributed by atoms with Crippen molar-refractivity contribution < 1.29 is 18.7 Å². The Morgan fingerprint density at radius 3 is 2.68 bits per heavy atom. The van der Waals surface area contributed by atoms with Gasteiger partial charge in [-0.25, -0.2) is 9.59 Å². The molecule has 3 aromatic carbocycles. The first-order valence-corrected chi connectivity index (χ1v) is 8.85. The highest BCUT2D eigenvalue weighted by atomic mass is 16.5. The number of hydrogen-bond donors (Lipinski definition) is 0. The highest BCUT2D eigenvalue weighted by Crippen LogP contribution is 2.28. The van der Waals surface area contributed by atoms with Gasteiger partial charge in [-0.3, -0.25) is 0 Å². The number of fused-ring (bicyclic) bond motifs is 3. The largest absolute Gasteiger partial charge is 0.457 e. The average Bonchev–Trinajstić information content (AvgIpc) is 2.71. The predicted molar refractivity (Wildman–Crippen MR) is 106 cm³/mol. The van der Waals surface area contributed by atoms with Crippen LogP contribution in [0.1, 0.15) is 21.5 Å². The molecule has 0 amide bonds. The third-order valence-electron chi connectivity index (χ3n) is 4.55. The van der Waals surface area contributed by atoms with E-state index in [9.17, 15) is 9.59 Å². The molecular weight excluding hydrogens is 356 g/mol. The zero-order valence-electron chi connectivity index (χ0n) is 15.3. The van der Waals surface area contributed by atoms with Gasteiger partial charge < -0.3 is 13.9 Å². The van der Waals surface area contributed by atoms with Crippen molar-refractivity contribution in [2.75, 3.05) is 7.11 Å². The maximum atomic E-state index is 12.5. The molecule has 0 atom stereocenters. The molecule has 0 aliphatic rings. The summed E-state index contributed by atoms with van der Waals surface area (Å²) < 4.78 is 15.9. The fourth-order valence-corrected chi connectivity index (χ4v) is 3.32. The predicted octanol–water partition coefficient (Wildman–Crippen LogP) is 4.45. The van der Waals surface area contributed by atoms with Gasteiger partial charge in [0.2, 0.25) is 0 Å². The Hall–Kier alpha value is -3.44. The fraction of sp³-hybridized carbons (Fsp3) is 0.130. The van der Waals surface area contributed by atoms with Crippen molar-refractivity contribution in [1.82, 2.24) is 0 Å². The van der Waals surface area contributed by atoms with Crippen molar-refractivity contribution in [3.8, 4) is 0 Å². The van der Waals surface area contributed by atoms with Crippen LogP contribution in [0.25, 0.3) is 21.7 Å². The molecule has 5 heteroatoms. The standard InChI is InChI=1S/C23H18O5/c1-26-13-15-5-4-7-17(11-15)23(25)27-14-18-12-21(24)28-20-10-9-16-6-2-3-8-19(16)22(18)20/h2-12H,13-14H2,1H3. The lowest BCUT2D eigenvalue weighted by atomic mass is 10.0. The molecule has 0 aliphatic carbocycles. The smallest absolute Gasteiger partial charge is 0.338 e. The molecule has 0 unspecified atom stereocenters. The van der Waals surface area contributed by atoms with E-state index in [1.807, 2.05) is 36.4 Å². The molecule has 5 nitrogen and oxygen atoms in total. The molecular formula is C23H18O5. The molecule has 0 N–H and O–H groups in total. The van der Waals surface area contributed by atoms with E-state index in [4.69, 9.17) is 13.9 Å². The van der Waals surface area contributed by atoms with Crippen molar-refractivity contribution in [1.29, 1.82) is 0 Å². The molecule has 140 valence electrons. The quantitative estimate of drug-likeness (QED) is 0.293. The van der Waals surface area contributed by atoms with E-state index in [1.54, 1.807) is 31.4 Å². The number of methoxy groups -OCH3 is 1. The summed E-state index contributed by atoms with van der Waals surface area (Å²) >= 11 is 0. The maximum Gasteiger partial charge on any atom is 0.338 e. The normalized spacial score (nSPS) is 11.0. The summed E-state index contributed by atoms with van der Waals surface area (Å²) in [6.07, 6.45) is 0. The molecule has 0 fully saturated rings. The summed E-state index contributed by atoms with van der Waals surface area (Å²) in [6.45, 7) is 0.390. The monoisotopic (exact) mass is 374 g/mol. The minimum absolute atomic E-state index is 0.0244. The molecule has 0 aliphatic heterocycles. The van der Waals surface area contributed by atoms with Crippen LogP contribution in [0.4, 0.5) is 0 Å². The second kappa shape index (κ2) is 7.66. The zero-order valence-corrected chi connectivity index (χ0v) is 15.3. The van der Waals surface area contributed by atoms with Crippen molar-refractivity contribution in [2.45, 2.75) is 13.2 Å². The molecule has 0 saturated heterocycles. The lowest BCUT2D eigenvalue weighted by Gasteiger charge is -2.10. The van der Waals surface area contributed by atoms with E-state index in [0.29, 0.717) is 23.3 Å². The number of esters is 1. The third-order valence-corrected chi connectivity index (χ3v) is 4.55. The fourth-order valence-electron chi connectivity index (χ4n) is 3.32. The van der Waals surface area contributed by atoms with Crippen LogP contribution in [0.3, 0.4) is 0 Å². The summed E-state index contributed by atoms with van der Waals surface area (Å²) in [5.41, 5.74) is 1.93. The van der Waals surface area contributed by atoms with Gasteiger partial charge in [-0.05, 0) is 34.5 Å². The third kappa shape index (κ3) is 3.52. The summed E-state index contributed by atoms with van der Waals surface area (Å²) in [7, 11) is 1.60. The van der Waals surface area contributed by atoms with Crippen LogP contribution in [0.2, 0.25) is 0 Å². The lowest BCUT2D eigenvalue weighted by molar-refractivity contribution is 0.0473. The SMILES string of the molecule is COCc1cccc(C(=O)OCc2cc(=O)oc3ccc4ccccc4c23)c1. The number of carbonyl (C=O) groups excluding carboxylic acids is 1. The van der Waals surface area contributed by atoms with Gasteiger partial charge in [0.1, 0.15) is 12.2 Å². The van der Waals surface area contributed by atoms with Crippen molar-refractivity contribution >= 4 is 27.7 Å². The molecule has 0 radical (unpaired) electrons. The molecule has 1 heterocycles. The van der Waals surface area contributed by atoms with Crippen molar-refractivity contribution in [3.05, 3.63) is 93.8 Å². The second-order valence-corrected chi connectivity index (χ2v) is 6.46. The molecule has 0 saturated carbocycles. The van der Waals surface area contributed by atoms with Crippen molar-refractivity contribution in [2.24, 2.45) is 0 Å². The van der Waals surface area contributed by atoms with Crippen LogP contribution in [0, 0.1) is 0 Å². The molecule has 0 bridgehead atoms. The second-order valence-electron chi connectivity index (χ2n) is 6.46. The minimum atomic E-state index is -0.476. The Morgan fingerprint density at radius 1 is 0.964 bits per heavy atom. The Kier molecular flexibility index (Phi) is 4.91. The maximum absolute atomic E-state index is 12.5. The van der Waals surface area contributed by atoms with Gasteiger partial charge in [0.25, 0.3) is 0 Å². The Balaban J connectivity index is 1.68. The van der Waals surface area contributed by atoms with E-state index < -0.39 is 11.6 Å². The van der Waals surface area contributed by atoms with Gasteiger partial charge >= 0.3 is 11.6 Å². The van der Waals surface area contributed by atoms with E-state index in [0.717, 1.165) is 21.7 Å². The minimum Gasteiger partial charge on any atom is -0.457 e. The van der Waals surface area contributed by atoms with E-state index in [2.05, 4.69) is 0 Å². The van der Waals surface area contributed by atoms with E-state index in [1.165, 1.54) is 6.07 Å². The lowest BCUT2D eigenvalue weighted by Crippen LogP contribution is -2.08. The molecule has 0 spiro atoms. The van der Waals surface area contributed by atoms with Crippen molar-refractivity contribution in [3.63, 3.8) is 0 Å². The first kappa shape index (κ1) is 17.9. The van der Waals surface area contributed by atoms with Gasteiger partial charge in [0.05, 0.1) is 12.2 Å². The van der Waals surface area contributed by atoms with Crippen LogP contribution in [-0.2, 0) is 22.7 Å². The van der Waals surface area contributed by atoms with Gasteiger partial charge in [-0.1, -0.05) is 42.5 Å². The summed E-state index contributed by atoms with van der Waals surface area (Å²) in [4.78, 5) is 24.4. The summed E-state index contributed by atoms with van der Waals surface area (Å²) in [5.74, 6) is -0.459. The van der Waals surface area contributed by atoms with Crippen LogP contribution in [0.15, 0.2) is 75.9 Å². The molecule has 1 aromatic heterocycles. The Labute approximate surface area is 161 Å². The van der Waals surface area contributed by atoms with Crippen LogP contribution < -0.4 is 5.63 Å². The van der Waals surface area contributed by atoms with Crippen LogP contribution >= 0.6 is 0 Å². The number of ether oxygens (including phenoxy) is 2. The highest BCUT2D eigenvalue weighted by molar-refractivity contribution is 6.07. The molecule has 4 aromatic rings. The highest BCUT2D eigenvalue weighted by Gasteiger charge is 2.13. The van der Waals surface area contributed by atoms with Gasteiger partial charge in [0, 0.05) is 24.1 Å². The topological polar surface area (TPSA) is 65.7 Å². The Morgan fingerprint density at radius 2 is 1.82 bits per heavy atom. The summed E-state index contributed by atoms with van der Waals surface area (Å²) in [5, 5.41) is 2.74. The van der Waals surface area contributed by atoms with Gasteiger partial charge in [-0.15, -0.1) is 0 Å². The number of hydrogen-bond acceptors (Lipinski definition) is 5. The Bertz CT molecular complexity index is 1220. The average molecular weight is 374 g/mol. The summed E-state index contributed by atoms with van der Waals surface area (Å²) in [6, 6.07) is 19.9. The van der Waals surface area contributed by atoms with E-state index in [-0.39, 0.29) is 6.61 Å². The zero-order chi connectivity index (χ0) is 19.5. The first-order valence-electron chi connectivity index (χ1n) is 8.85. The van der Waals surface area contributed by atoms with E-state index >= 15 is 0 Å². The molecule has 4 rings (SSSR count). The molecule has 28 heavy (non-hydrogen) atoms. The van der Waals surface area contributed by atoms with Crippen LogP contribution in [-0.4, -0.2) is 13.1 Å². The number of rotatable bonds is 5. The number of benzene rings is 3. The van der Waals surface area contributed by atoms with Gasteiger partial charge in [0.15, 0.2) is 0 Å².